The molecule has 0 aliphatic carbocycles. The molecule has 5 aromatic rings. The number of hydrogen-bond acceptors (Lipinski definition) is 6. The fourth-order valence-electron chi connectivity index (χ4n) is 3.40. The van der Waals surface area contributed by atoms with Crippen molar-refractivity contribution in [3.8, 4) is 17.2 Å². The number of aromatic nitrogens is 2. The summed E-state index contributed by atoms with van der Waals surface area (Å²) in [5.41, 5.74) is 2.45. The van der Waals surface area contributed by atoms with Crippen molar-refractivity contribution in [3.05, 3.63) is 90.4 Å². The van der Waals surface area contributed by atoms with Crippen molar-refractivity contribution < 1.29 is 23.5 Å². The number of nitrogens with one attached hydrogen (secondary N) is 1. The fourth-order valence-corrected chi connectivity index (χ4v) is 3.40. The molecule has 33 heavy (non-hydrogen) atoms. The van der Waals surface area contributed by atoms with E-state index in [2.05, 4.69) is 15.5 Å². The molecule has 9 heteroatoms. The summed E-state index contributed by atoms with van der Waals surface area (Å²) in [5, 5.41) is 16.3. The van der Waals surface area contributed by atoms with Crippen LogP contribution in [0.1, 0.15) is 0 Å². The van der Waals surface area contributed by atoms with Gasteiger partial charge in [-0.2, -0.15) is 0 Å². The molecule has 0 saturated heterocycles. The summed E-state index contributed by atoms with van der Waals surface area (Å²) in [4.78, 5) is 16.5. The van der Waals surface area contributed by atoms with E-state index in [1.54, 1.807) is 30.6 Å². The summed E-state index contributed by atoms with van der Waals surface area (Å²) in [6, 6.07) is 17.6. The van der Waals surface area contributed by atoms with E-state index in [0.717, 1.165) is 5.52 Å². The second-order valence-corrected chi connectivity index (χ2v) is 7.21. The third-order valence-corrected chi connectivity index (χ3v) is 4.99. The molecule has 0 aliphatic heterocycles. The number of ether oxygens (including phenoxy) is 1. The fraction of sp³-hybridized carbons (Fsp3) is 0.0417. The minimum Gasteiger partial charge on any atom is -0.484 e. The molecule has 3 heterocycles. The lowest BCUT2D eigenvalue weighted by atomic mass is 10.2. The van der Waals surface area contributed by atoms with Crippen LogP contribution in [0, 0.1) is 5.82 Å². The van der Waals surface area contributed by atoms with Gasteiger partial charge in [0, 0.05) is 23.5 Å². The van der Waals surface area contributed by atoms with Gasteiger partial charge >= 0.3 is 0 Å². The Bertz CT molecular complexity index is 1540. The SMILES string of the molecule is O=C(COc1ccc2oc(-c3cc4cccn4cn3)c/c(=N\O)c2c1)Nc1ccc(F)cc1. The molecule has 2 N–H and O–H groups in total. The van der Waals surface area contributed by atoms with Crippen LogP contribution >= 0.6 is 0 Å². The predicted octanol–water partition coefficient (Wildman–Crippen LogP) is 4.19. The highest BCUT2D eigenvalue weighted by Crippen LogP contribution is 2.24. The Labute approximate surface area is 186 Å². The molecule has 0 atom stereocenters. The average Bonchev–Trinajstić information content (AvgIpc) is 3.31. The molecule has 5 rings (SSSR count). The van der Waals surface area contributed by atoms with Crippen molar-refractivity contribution in [1.82, 2.24) is 9.38 Å². The van der Waals surface area contributed by atoms with Crippen LogP contribution in [0.25, 0.3) is 27.9 Å². The van der Waals surface area contributed by atoms with Crippen molar-refractivity contribution in [2.45, 2.75) is 0 Å². The number of rotatable bonds is 5. The molecule has 2 aromatic carbocycles. The third kappa shape index (κ3) is 4.24. The second kappa shape index (κ2) is 8.46. The van der Waals surface area contributed by atoms with Crippen LogP contribution in [0.2, 0.25) is 0 Å². The molecule has 3 aromatic heterocycles. The molecule has 164 valence electrons. The van der Waals surface area contributed by atoms with Gasteiger partial charge in [0.25, 0.3) is 5.91 Å². The van der Waals surface area contributed by atoms with Gasteiger partial charge in [-0.05, 0) is 60.7 Å². The first kappa shape index (κ1) is 20.3. The lowest BCUT2D eigenvalue weighted by molar-refractivity contribution is -0.118. The quantitative estimate of drug-likeness (QED) is 0.313. The van der Waals surface area contributed by atoms with Crippen LogP contribution in [0.15, 0.2) is 88.8 Å². The molecule has 0 unspecified atom stereocenters. The Morgan fingerprint density at radius 2 is 2.00 bits per heavy atom. The van der Waals surface area contributed by atoms with Crippen molar-refractivity contribution in [2.24, 2.45) is 5.16 Å². The van der Waals surface area contributed by atoms with Crippen LogP contribution in [-0.4, -0.2) is 27.1 Å². The lowest BCUT2D eigenvalue weighted by Gasteiger charge is -2.09. The zero-order valence-corrected chi connectivity index (χ0v) is 17.1. The maximum atomic E-state index is 13.0. The van der Waals surface area contributed by atoms with E-state index in [4.69, 9.17) is 9.15 Å². The summed E-state index contributed by atoms with van der Waals surface area (Å²) in [6.45, 7) is -0.259. The maximum Gasteiger partial charge on any atom is 0.262 e. The number of fused-ring (bicyclic) bond motifs is 2. The first-order valence-electron chi connectivity index (χ1n) is 9.96. The Morgan fingerprint density at radius 1 is 1.15 bits per heavy atom. The molecule has 0 radical (unpaired) electrons. The van der Waals surface area contributed by atoms with Crippen molar-refractivity contribution in [3.63, 3.8) is 0 Å². The van der Waals surface area contributed by atoms with Gasteiger partial charge in [-0.25, -0.2) is 9.37 Å². The van der Waals surface area contributed by atoms with E-state index in [9.17, 15) is 14.4 Å². The molecule has 0 spiro atoms. The number of carbonyl (C=O) groups excluding carboxylic acids is 1. The van der Waals surface area contributed by atoms with Gasteiger partial charge in [0.05, 0.1) is 11.7 Å². The smallest absolute Gasteiger partial charge is 0.262 e. The Morgan fingerprint density at radius 3 is 2.82 bits per heavy atom. The van der Waals surface area contributed by atoms with Gasteiger partial charge in [-0.15, -0.1) is 0 Å². The Hall–Kier alpha value is -4.66. The molecular weight excluding hydrogens is 427 g/mol. The zero-order chi connectivity index (χ0) is 22.8. The number of halogens is 1. The van der Waals surface area contributed by atoms with Gasteiger partial charge in [0.2, 0.25) is 0 Å². The van der Waals surface area contributed by atoms with Gasteiger partial charge < -0.3 is 24.1 Å². The Balaban J connectivity index is 1.38. The topological polar surface area (TPSA) is 101 Å². The molecule has 0 bridgehead atoms. The van der Waals surface area contributed by atoms with Crippen LogP contribution < -0.4 is 15.4 Å². The summed E-state index contributed by atoms with van der Waals surface area (Å²) in [5.74, 6) is 0.0320. The van der Waals surface area contributed by atoms with Crippen LogP contribution in [-0.2, 0) is 4.79 Å². The summed E-state index contributed by atoms with van der Waals surface area (Å²) < 4.78 is 26.4. The molecule has 0 fully saturated rings. The van der Waals surface area contributed by atoms with E-state index in [1.165, 1.54) is 24.3 Å². The van der Waals surface area contributed by atoms with Crippen molar-refractivity contribution in [2.75, 3.05) is 11.9 Å². The average molecular weight is 444 g/mol. The second-order valence-electron chi connectivity index (χ2n) is 7.21. The van der Waals surface area contributed by atoms with Crippen LogP contribution in [0.5, 0.6) is 5.75 Å². The predicted molar refractivity (Wildman–Crippen MR) is 118 cm³/mol. The number of anilines is 1. The molecule has 8 nitrogen and oxygen atoms in total. The van der Waals surface area contributed by atoms with Crippen molar-refractivity contribution >= 4 is 28.1 Å². The van der Waals surface area contributed by atoms with Crippen LogP contribution in [0.4, 0.5) is 10.1 Å². The van der Waals surface area contributed by atoms with E-state index in [1.807, 2.05) is 28.8 Å². The number of amides is 1. The summed E-state index contributed by atoms with van der Waals surface area (Å²) in [7, 11) is 0. The maximum absolute atomic E-state index is 13.0. The van der Waals surface area contributed by atoms with E-state index in [0.29, 0.717) is 33.9 Å². The van der Waals surface area contributed by atoms with Gasteiger partial charge in [0.1, 0.15) is 28.2 Å². The van der Waals surface area contributed by atoms with Gasteiger partial charge in [0.15, 0.2) is 12.4 Å². The minimum absolute atomic E-state index is 0.259. The van der Waals surface area contributed by atoms with E-state index < -0.39 is 5.91 Å². The number of benzene rings is 2. The standard InChI is InChI=1S/C24H17FN4O4/c25-15-3-5-16(6-4-15)27-24(30)13-32-18-7-8-22-19(11-18)20(28-31)12-23(33-22)21-10-17-2-1-9-29(17)14-26-21/h1-12,14,31H,13H2,(H,27,30)/b28-20+. The molecule has 0 saturated carbocycles. The third-order valence-electron chi connectivity index (χ3n) is 4.99. The monoisotopic (exact) mass is 444 g/mol. The normalized spacial score (nSPS) is 11.7. The molecule has 1 amide bonds. The first-order chi connectivity index (χ1) is 16.1. The van der Waals surface area contributed by atoms with E-state index >= 15 is 0 Å². The minimum atomic E-state index is -0.402. The Kier molecular flexibility index (Phi) is 5.19. The summed E-state index contributed by atoms with van der Waals surface area (Å²) >= 11 is 0. The van der Waals surface area contributed by atoms with E-state index in [-0.39, 0.29) is 17.8 Å². The van der Waals surface area contributed by atoms with Gasteiger partial charge in [-0.1, -0.05) is 5.16 Å². The zero-order valence-electron chi connectivity index (χ0n) is 17.1. The summed E-state index contributed by atoms with van der Waals surface area (Å²) in [6.07, 6.45) is 3.56. The first-order valence-corrected chi connectivity index (χ1v) is 9.96. The number of nitrogens with zero attached hydrogens (tertiary/aromatic N) is 3. The van der Waals surface area contributed by atoms with Crippen molar-refractivity contribution in [1.29, 1.82) is 0 Å². The lowest BCUT2D eigenvalue weighted by Crippen LogP contribution is -2.20. The highest BCUT2D eigenvalue weighted by Gasteiger charge is 2.11. The largest absolute Gasteiger partial charge is 0.484 e. The molecular formula is C24H17FN4O4. The van der Waals surface area contributed by atoms with Gasteiger partial charge in [-0.3, -0.25) is 4.79 Å². The highest BCUT2D eigenvalue weighted by molar-refractivity contribution is 5.92. The van der Waals surface area contributed by atoms with Crippen LogP contribution in [0.3, 0.4) is 0 Å². The number of carbonyl (C=O) groups is 1. The molecule has 0 aliphatic rings. The highest BCUT2D eigenvalue weighted by atomic mass is 19.1. The number of hydrogen-bond donors (Lipinski definition) is 2.